The molecule has 0 rings (SSSR count). The van der Waals surface area contributed by atoms with Crippen molar-refractivity contribution in [1.29, 1.82) is 5.26 Å². The summed E-state index contributed by atoms with van der Waals surface area (Å²) in [7, 11) is 0. The summed E-state index contributed by atoms with van der Waals surface area (Å²) in [6.07, 6.45) is 1.19. The van der Waals surface area contributed by atoms with Crippen molar-refractivity contribution in [3.8, 4) is 5.40 Å². The van der Waals surface area contributed by atoms with Crippen molar-refractivity contribution in [1.82, 2.24) is 0 Å². The highest BCUT2D eigenvalue weighted by Crippen LogP contribution is 1.93. The zero-order valence-corrected chi connectivity index (χ0v) is 5.70. The number of isocyanates is 1. The molecule has 0 aromatic carbocycles. The molecule has 0 aliphatic carbocycles. The summed E-state index contributed by atoms with van der Waals surface area (Å²) in [5, 5.41) is 11.6. The van der Waals surface area contributed by atoms with Gasteiger partial charge in [-0.1, -0.05) is 0 Å². The van der Waals surface area contributed by atoms with E-state index in [-0.39, 0.29) is 0 Å². The Morgan fingerprint density at radius 2 is 2.22 bits per heavy atom. The first-order valence-electron chi connectivity index (χ1n) is 1.65. The highest BCUT2D eigenvalue weighted by Gasteiger charge is 2.15. The number of hydrogen-bond acceptors (Lipinski definition) is 5. The van der Waals surface area contributed by atoms with Gasteiger partial charge in [0.15, 0.2) is 0 Å². The first-order valence-corrected chi connectivity index (χ1v) is 3.20. The van der Waals surface area contributed by atoms with Gasteiger partial charge < -0.3 is 0 Å². The zero-order valence-electron chi connectivity index (χ0n) is 4.07. The van der Waals surface area contributed by atoms with E-state index in [1.807, 2.05) is 5.16 Å². The fourth-order valence-electron chi connectivity index (χ4n) is 0.132. The lowest BCUT2D eigenvalue weighted by Crippen LogP contribution is -1.83. The fourth-order valence-corrected chi connectivity index (χ4v) is 0.607. The van der Waals surface area contributed by atoms with Crippen LogP contribution in [0, 0.1) is 10.7 Å². The van der Waals surface area contributed by atoms with Crippen LogP contribution in [0.5, 0.6) is 0 Å². The summed E-state index contributed by atoms with van der Waals surface area (Å²) in [4.78, 5) is 9.49. The van der Waals surface area contributed by atoms with E-state index in [4.69, 9.17) is 5.26 Å². The van der Waals surface area contributed by atoms with Crippen LogP contribution in [0.15, 0.2) is 8.80 Å². The molecule has 0 saturated heterocycles. The number of thiocyanates is 1. The molecule has 0 heterocycles. The maximum Gasteiger partial charge on any atom is 0.412 e. The molecule has 1 atom stereocenters. The van der Waals surface area contributed by atoms with Gasteiger partial charge >= 0.3 is 16.7 Å². The predicted molar refractivity (Wildman–Crippen MR) is 36.1 cm³/mol. The Hall–Kier alpha value is -0.980. The number of nitriles is 1. The molecule has 1 unspecified atom stereocenters. The molecule has 0 amide bonds. The van der Waals surface area contributed by atoms with E-state index in [1.165, 1.54) is 6.08 Å². The van der Waals surface area contributed by atoms with E-state index < -0.39 is 11.3 Å². The van der Waals surface area contributed by atoms with E-state index in [0.29, 0.717) is 0 Å². The summed E-state index contributed by atoms with van der Waals surface area (Å²) < 4.78 is 6.23. The van der Waals surface area contributed by atoms with Crippen LogP contribution < -0.4 is 0 Å². The van der Waals surface area contributed by atoms with Crippen LogP contribution in [0.2, 0.25) is 0 Å². The molecule has 0 aliphatic rings. The Labute approximate surface area is 59.5 Å². The molecule has 0 aromatic heterocycles. The second-order valence-corrected chi connectivity index (χ2v) is 1.98. The highest BCUT2D eigenvalue weighted by atomic mass is 32.2. The van der Waals surface area contributed by atoms with Gasteiger partial charge in [0.05, 0.1) is 4.40 Å². The van der Waals surface area contributed by atoms with Crippen LogP contribution in [0.4, 0.5) is 0 Å². The average molecular weight is 158 g/mol. The van der Waals surface area contributed by atoms with Gasteiger partial charge in [-0.2, -0.15) is 0 Å². The maximum absolute atomic E-state index is 9.49. The zero-order chi connectivity index (χ0) is 7.11. The molecule has 0 N–H and O–H groups in total. The van der Waals surface area contributed by atoms with Crippen molar-refractivity contribution in [3.05, 3.63) is 0 Å². The van der Waals surface area contributed by atoms with Crippen LogP contribution in [0.25, 0.3) is 0 Å². The topological polar surface area (TPSA) is 65.6 Å². The third-order valence-electron chi connectivity index (χ3n) is 0.329. The standard InChI is InChI=1S/C3N3OS2/c4-1-9(5-2-7)6-3-8/q+1. The second kappa shape index (κ2) is 5.16. The Morgan fingerprint density at radius 1 is 1.56 bits per heavy atom. The van der Waals surface area contributed by atoms with Crippen LogP contribution in [-0.4, -0.2) is 11.2 Å². The SMILES string of the molecule is N#C[S+](N=C=O)N=C=S. The first kappa shape index (κ1) is 8.02. The number of hydrogen-bond donors (Lipinski definition) is 0. The minimum absolute atomic E-state index is 1.19. The smallest absolute Gasteiger partial charge is 0.207 e. The molecule has 0 saturated carbocycles. The maximum atomic E-state index is 9.49. The van der Waals surface area contributed by atoms with E-state index in [9.17, 15) is 4.79 Å². The monoisotopic (exact) mass is 158 g/mol. The van der Waals surface area contributed by atoms with E-state index in [0.717, 1.165) is 0 Å². The number of nitrogens with zero attached hydrogens (tertiary/aromatic N) is 3. The van der Waals surface area contributed by atoms with Crippen LogP contribution in [0.3, 0.4) is 0 Å². The third-order valence-corrected chi connectivity index (χ3v) is 1.21. The van der Waals surface area contributed by atoms with Crippen molar-refractivity contribution >= 4 is 34.7 Å². The lowest BCUT2D eigenvalue weighted by Gasteiger charge is -1.62. The van der Waals surface area contributed by atoms with Crippen LogP contribution in [-0.2, 0) is 16.1 Å². The summed E-state index contributed by atoms with van der Waals surface area (Å²) in [6, 6.07) is 0. The molecule has 0 aromatic rings. The Morgan fingerprint density at radius 3 is 2.56 bits per heavy atom. The molecule has 0 fully saturated rings. The van der Waals surface area contributed by atoms with Gasteiger partial charge in [-0.05, 0) is 12.2 Å². The van der Waals surface area contributed by atoms with Gasteiger partial charge in [0.25, 0.3) is 6.08 Å². The Balaban J connectivity index is 4.20. The summed E-state index contributed by atoms with van der Waals surface area (Å²) in [6.45, 7) is 0. The largest absolute Gasteiger partial charge is 0.412 e. The molecule has 44 valence electrons. The van der Waals surface area contributed by atoms with Gasteiger partial charge in [0, 0.05) is 4.40 Å². The molecule has 4 nitrogen and oxygen atoms in total. The molecule has 0 radical (unpaired) electrons. The average Bonchev–Trinajstić information content (AvgIpc) is 1.88. The molecule has 9 heavy (non-hydrogen) atoms. The number of isothiocyanates is 1. The van der Waals surface area contributed by atoms with Crippen molar-refractivity contribution in [3.63, 3.8) is 0 Å². The van der Waals surface area contributed by atoms with Crippen LogP contribution in [0.1, 0.15) is 0 Å². The lowest BCUT2D eigenvalue weighted by molar-refractivity contribution is 0.566. The summed E-state index contributed by atoms with van der Waals surface area (Å²) in [5.74, 6) is 0. The number of thiocarbonyl (C=S) groups is 1. The van der Waals surface area contributed by atoms with Crippen molar-refractivity contribution < 1.29 is 4.79 Å². The minimum Gasteiger partial charge on any atom is -0.207 e. The Bertz CT molecular complexity index is 202. The normalized spacial score (nSPS) is 9.67. The van der Waals surface area contributed by atoms with Crippen LogP contribution >= 0.6 is 12.2 Å². The first-order chi connectivity index (χ1) is 4.35. The van der Waals surface area contributed by atoms with Crippen molar-refractivity contribution in [2.24, 2.45) is 8.80 Å². The van der Waals surface area contributed by atoms with Crippen molar-refractivity contribution in [2.75, 3.05) is 0 Å². The molecular weight excluding hydrogens is 158 g/mol. The molecule has 0 bridgehead atoms. The minimum atomic E-state index is -1.31. The fraction of sp³-hybridized carbons (Fsp3) is 0. The lowest BCUT2D eigenvalue weighted by atomic mass is 11.7. The Kier molecular flexibility index (Phi) is 4.60. The second-order valence-electron chi connectivity index (χ2n) is 0.721. The van der Waals surface area contributed by atoms with Gasteiger partial charge in [0.2, 0.25) is 0 Å². The summed E-state index contributed by atoms with van der Waals surface area (Å²) in [5.41, 5.74) is 0. The van der Waals surface area contributed by atoms with Gasteiger partial charge in [-0.15, -0.1) is 5.26 Å². The molecule has 6 heteroatoms. The molecule has 0 spiro atoms. The van der Waals surface area contributed by atoms with E-state index in [1.54, 1.807) is 5.40 Å². The molecular formula is C3N3OS2+. The van der Waals surface area contributed by atoms with Gasteiger partial charge in [0.1, 0.15) is 5.16 Å². The number of rotatable bonds is 2. The van der Waals surface area contributed by atoms with E-state index >= 15 is 0 Å². The quantitative estimate of drug-likeness (QED) is 0.191. The van der Waals surface area contributed by atoms with E-state index in [2.05, 4.69) is 21.0 Å². The molecule has 0 aliphatic heterocycles. The predicted octanol–water partition coefficient (Wildman–Crippen LogP) is 0.354. The number of carbonyl (C=O) groups excluding carboxylic acids is 1. The highest BCUT2D eigenvalue weighted by molar-refractivity contribution is 7.99. The summed E-state index contributed by atoms with van der Waals surface area (Å²) >= 11 is 2.84. The van der Waals surface area contributed by atoms with Crippen molar-refractivity contribution in [2.45, 2.75) is 0 Å². The van der Waals surface area contributed by atoms with Gasteiger partial charge in [-0.25, -0.2) is 4.79 Å². The van der Waals surface area contributed by atoms with Gasteiger partial charge in [-0.3, -0.25) is 0 Å². The third kappa shape index (κ3) is 3.59.